The van der Waals surface area contributed by atoms with Gasteiger partial charge in [0.1, 0.15) is 0 Å². The van der Waals surface area contributed by atoms with Crippen LogP contribution in [-0.4, -0.2) is 19.9 Å². The zero-order chi connectivity index (χ0) is 14.2. The second kappa shape index (κ2) is 4.77. The lowest BCUT2D eigenvalue weighted by Gasteiger charge is -2.21. The summed E-state index contributed by atoms with van der Waals surface area (Å²) in [5, 5.41) is 8.41. The monoisotopic (exact) mass is 263 g/mol. The molecule has 2 N–H and O–H groups in total. The SMILES string of the molecule is CCC(N)(CC)c1noc(-c2c(C)nn(C)c2C)n1. The van der Waals surface area contributed by atoms with Crippen LogP contribution < -0.4 is 5.73 Å². The zero-order valence-corrected chi connectivity index (χ0v) is 12.2. The lowest BCUT2D eigenvalue weighted by Crippen LogP contribution is -2.36. The van der Waals surface area contributed by atoms with Gasteiger partial charge in [0.2, 0.25) is 0 Å². The minimum atomic E-state index is -0.522. The maximum Gasteiger partial charge on any atom is 0.261 e. The minimum absolute atomic E-state index is 0.495. The first-order chi connectivity index (χ1) is 8.92. The van der Waals surface area contributed by atoms with Crippen LogP contribution in [0.3, 0.4) is 0 Å². The Bertz CT molecular complexity index is 580. The molecule has 0 saturated heterocycles. The molecule has 0 aliphatic carbocycles. The molecule has 0 aliphatic rings. The quantitative estimate of drug-likeness (QED) is 0.913. The Balaban J connectivity index is 2.47. The first-order valence-electron chi connectivity index (χ1n) is 6.56. The van der Waals surface area contributed by atoms with Gasteiger partial charge in [-0.05, 0) is 26.7 Å². The van der Waals surface area contributed by atoms with Gasteiger partial charge in [0.15, 0.2) is 5.82 Å². The molecule has 0 spiro atoms. The number of nitrogens with zero attached hydrogens (tertiary/aromatic N) is 4. The molecule has 6 nitrogen and oxygen atoms in total. The van der Waals surface area contributed by atoms with E-state index in [0.29, 0.717) is 11.7 Å². The standard InChI is InChI=1S/C13H21N5O/c1-6-13(14,7-2)12-15-11(19-17-12)10-8(3)16-18(5)9(10)4/h6-7,14H2,1-5H3. The van der Waals surface area contributed by atoms with Crippen molar-refractivity contribution >= 4 is 0 Å². The Morgan fingerprint density at radius 2 is 1.89 bits per heavy atom. The van der Waals surface area contributed by atoms with E-state index in [9.17, 15) is 0 Å². The Morgan fingerprint density at radius 3 is 2.37 bits per heavy atom. The van der Waals surface area contributed by atoms with Crippen LogP contribution in [0, 0.1) is 13.8 Å². The third kappa shape index (κ3) is 2.16. The molecule has 0 radical (unpaired) electrons. The van der Waals surface area contributed by atoms with E-state index in [1.54, 1.807) is 0 Å². The van der Waals surface area contributed by atoms with E-state index < -0.39 is 5.54 Å². The highest BCUT2D eigenvalue weighted by molar-refractivity contribution is 5.59. The molecule has 0 aromatic carbocycles. The van der Waals surface area contributed by atoms with Gasteiger partial charge < -0.3 is 10.3 Å². The third-order valence-corrected chi connectivity index (χ3v) is 3.86. The van der Waals surface area contributed by atoms with Crippen molar-refractivity contribution in [3.8, 4) is 11.5 Å². The lowest BCUT2D eigenvalue weighted by atomic mass is 9.93. The molecule has 104 valence electrons. The summed E-state index contributed by atoms with van der Waals surface area (Å²) in [6.45, 7) is 7.97. The molecule has 0 unspecified atom stereocenters. The molecule has 2 aromatic rings. The molecule has 2 heterocycles. The highest BCUT2D eigenvalue weighted by atomic mass is 16.5. The van der Waals surface area contributed by atoms with Crippen molar-refractivity contribution in [2.75, 3.05) is 0 Å². The van der Waals surface area contributed by atoms with E-state index in [4.69, 9.17) is 10.3 Å². The summed E-state index contributed by atoms with van der Waals surface area (Å²) in [5.41, 5.74) is 8.55. The number of hydrogen-bond donors (Lipinski definition) is 1. The van der Waals surface area contributed by atoms with Gasteiger partial charge in [0.25, 0.3) is 5.89 Å². The molecule has 6 heteroatoms. The summed E-state index contributed by atoms with van der Waals surface area (Å²) in [6, 6.07) is 0. The van der Waals surface area contributed by atoms with Crippen LogP contribution >= 0.6 is 0 Å². The van der Waals surface area contributed by atoms with E-state index in [1.165, 1.54) is 0 Å². The van der Waals surface area contributed by atoms with E-state index in [0.717, 1.165) is 29.8 Å². The summed E-state index contributed by atoms with van der Waals surface area (Å²) >= 11 is 0. The second-order valence-corrected chi connectivity index (χ2v) is 4.96. The van der Waals surface area contributed by atoms with E-state index in [1.807, 2.05) is 39.4 Å². The minimum Gasteiger partial charge on any atom is -0.334 e. The number of aryl methyl sites for hydroxylation is 2. The van der Waals surface area contributed by atoms with Crippen molar-refractivity contribution in [3.05, 3.63) is 17.2 Å². The average molecular weight is 263 g/mol. The average Bonchev–Trinajstić information content (AvgIpc) is 2.95. The molecule has 0 fully saturated rings. The highest BCUT2D eigenvalue weighted by Gasteiger charge is 2.30. The summed E-state index contributed by atoms with van der Waals surface area (Å²) in [7, 11) is 1.90. The van der Waals surface area contributed by atoms with Crippen molar-refractivity contribution in [1.29, 1.82) is 0 Å². The van der Waals surface area contributed by atoms with Gasteiger partial charge in [-0.1, -0.05) is 19.0 Å². The number of rotatable bonds is 4. The first-order valence-corrected chi connectivity index (χ1v) is 6.56. The topological polar surface area (TPSA) is 82.8 Å². The van der Waals surface area contributed by atoms with E-state index in [-0.39, 0.29) is 0 Å². The van der Waals surface area contributed by atoms with Crippen LogP contribution in [-0.2, 0) is 12.6 Å². The first kappa shape index (κ1) is 13.7. The fourth-order valence-electron chi connectivity index (χ4n) is 2.18. The number of nitrogens with two attached hydrogens (primary N) is 1. The summed E-state index contributed by atoms with van der Waals surface area (Å²) in [5.74, 6) is 1.06. The van der Waals surface area contributed by atoms with Gasteiger partial charge in [-0.2, -0.15) is 10.1 Å². The summed E-state index contributed by atoms with van der Waals surface area (Å²) in [6.07, 6.45) is 1.54. The normalized spacial score (nSPS) is 12.1. The fraction of sp³-hybridized carbons (Fsp3) is 0.615. The maximum atomic E-state index is 6.28. The van der Waals surface area contributed by atoms with Gasteiger partial charge in [-0.15, -0.1) is 0 Å². The van der Waals surface area contributed by atoms with Crippen molar-refractivity contribution < 1.29 is 4.52 Å². The molecular weight excluding hydrogens is 242 g/mol. The molecular formula is C13H21N5O. The molecule has 2 aromatic heterocycles. The molecule has 19 heavy (non-hydrogen) atoms. The van der Waals surface area contributed by atoms with Gasteiger partial charge in [-0.25, -0.2) is 0 Å². The van der Waals surface area contributed by atoms with Crippen LogP contribution in [0.15, 0.2) is 4.52 Å². The van der Waals surface area contributed by atoms with Gasteiger partial charge in [0.05, 0.1) is 16.8 Å². The summed E-state index contributed by atoms with van der Waals surface area (Å²) < 4.78 is 7.19. The van der Waals surface area contributed by atoms with E-state index >= 15 is 0 Å². The van der Waals surface area contributed by atoms with Crippen LogP contribution in [0.25, 0.3) is 11.5 Å². The second-order valence-electron chi connectivity index (χ2n) is 4.96. The van der Waals surface area contributed by atoms with Crippen molar-refractivity contribution in [2.45, 2.75) is 46.1 Å². The Morgan fingerprint density at radius 1 is 1.26 bits per heavy atom. The molecule has 0 saturated carbocycles. The lowest BCUT2D eigenvalue weighted by molar-refractivity contribution is 0.350. The molecule has 0 amide bonds. The van der Waals surface area contributed by atoms with E-state index in [2.05, 4.69) is 15.2 Å². The summed E-state index contributed by atoms with van der Waals surface area (Å²) in [4.78, 5) is 4.47. The Kier molecular flexibility index (Phi) is 3.45. The molecule has 0 atom stereocenters. The van der Waals surface area contributed by atoms with Crippen molar-refractivity contribution in [3.63, 3.8) is 0 Å². The van der Waals surface area contributed by atoms with Crippen molar-refractivity contribution in [2.24, 2.45) is 12.8 Å². The zero-order valence-electron chi connectivity index (χ0n) is 12.2. The fourth-order valence-corrected chi connectivity index (χ4v) is 2.18. The predicted octanol–water partition coefficient (Wildman–Crippen LogP) is 2.06. The van der Waals surface area contributed by atoms with Crippen LogP contribution in [0.1, 0.15) is 43.9 Å². The van der Waals surface area contributed by atoms with Gasteiger partial charge in [0, 0.05) is 12.7 Å². The number of aromatic nitrogens is 4. The smallest absolute Gasteiger partial charge is 0.261 e. The molecule has 0 bridgehead atoms. The van der Waals surface area contributed by atoms with Crippen LogP contribution in [0.2, 0.25) is 0 Å². The van der Waals surface area contributed by atoms with Crippen LogP contribution in [0.4, 0.5) is 0 Å². The van der Waals surface area contributed by atoms with Gasteiger partial charge >= 0.3 is 0 Å². The highest BCUT2D eigenvalue weighted by Crippen LogP contribution is 2.29. The molecule has 0 aliphatic heterocycles. The third-order valence-electron chi connectivity index (χ3n) is 3.86. The maximum absolute atomic E-state index is 6.28. The molecule has 2 rings (SSSR count). The number of hydrogen-bond acceptors (Lipinski definition) is 5. The Labute approximate surface area is 113 Å². The van der Waals surface area contributed by atoms with Gasteiger partial charge in [-0.3, -0.25) is 4.68 Å². The van der Waals surface area contributed by atoms with Crippen molar-refractivity contribution in [1.82, 2.24) is 19.9 Å². The Hall–Kier alpha value is -1.69. The largest absolute Gasteiger partial charge is 0.334 e. The van der Waals surface area contributed by atoms with Crippen LogP contribution in [0.5, 0.6) is 0 Å². The predicted molar refractivity (Wildman–Crippen MR) is 72.4 cm³/mol.